The smallest absolute Gasteiger partial charge is 0.269 e. The number of aromatic nitrogens is 2. The lowest BCUT2D eigenvalue weighted by atomic mass is 10.1. The number of pyridine rings is 1. The SMILES string of the molecule is Cc1ccc(S(=O)(=O)n2cc(I)c3cc(-c4ccc(OCCN5CCCCC5)cc4)cnc32)cc1. The van der Waals surface area contributed by atoms with Gasteiger partial charge in [0.25, 0.3) is 10.0 Å². The summed E-state index contributed by atoms with van der Waals surface area (Å²) >= 11 is 2.17. The van der Waals surface area contributed by atoms with Crippen molar-refractivity contribution in [2.45, 2.75) is 31.1 Å². The van der Waals surface area contributed by atoms with Crippen molar-refractivity contribution in [3.63, 3.8) is 0 Å². The molecule has 3 heterocycles. The molecule has 5 rings (SSSR count). The van der Waals surface area contributed by atoms with E-state index < -0.39 is 10.0 Å². The van der Waals surface area contributed by atoms with Gasteiger partial charge < -0.3 is 4.74 Å². The summed E-state index contributed by atoms with van der Waals surface area (Å²) in [5.41, 5.74) is 3.38. The number of hydrogen-bond donors (Lipinski definition) is 0. The van der Waals surface area contributed by atoms with Crippen molar-refractivity contribution < 1.29 is 13.2 Å². The van der Waals surface area contributed by atoms with E-state index >= 15 is 0 Å². The van der Waals surface area contributed by atoms with Crippen LogP contribution in [0.15, 0.2) is 71.9 Å². The fourth-order valence-corrected chi connectivity index (χ4v) is 6.62. The molecule has 0 bridgehead atoms. The molecule has 35 heavy (non-hydrogen) atoms. The van der Waals surface area contributed by atoms with Gasteiger partial charge in [-0.3, -0.25) is 4.90 Å². The molecule has 1 saturated heterocycles. The maximum Gasteiger partial charge on any atom is 0.269 e. The number of halogens is 1. The first-order valence-corrected chi connectivity index (χ1v) is 14.4. The molecular weight excluding hydrogens is 573 g/mol. The number of nitrogens with zero attached hydrogens (tertiary/aromatic N) is 3. The van der Waals surface area contributed by atoms with Gasteiger partial charge in [-0.05, 0) is 91.3 Å². The van der Waals surface area contributed by atoms with Gasteiger partial charge in [0.2, 0.25) is 0 Å². The largest absolute Gasteiger partial charge is 0.492 e. The maximum absolute atomic E-state index is 13.3. The Kier molecular flexibility index (Phi) is 7.13. The lowest BCUT2D eigenvalue weighted by Gasteiger charge is -2.26. The number of hydrogen-bond acceptors (Lipinski definition) is 5. The lowest BCUT2D eigenvalue weighted by molar-refractivity contribution is 0.183. The molecule has 8 heteroatoms. The summed E-state index contributed by atoms with van der Waals surface area (Å²) in [6.07, 6.45) is 7.27. The van der Waals surface area contributed by atoms with Crippen LogP contribution in [0.5, 0.6) is 5.75 Å². The molecule has 1 fully saturated rings. The highest BCUT2D eigenvalue weighted by molar-refractivity contribution is 14.1. The van der Waals surface area contributed by atoms with E-state index in [1.165, 1.54) is 36.3 Å². The summed E-state index contributed by atoms with van der Waals surface area (Å²) in [4.78, 5) is 7.27. The molecule has 4 aromatic rings. The molecular formula is C27H28IN3O3S. The van der Waals surface area contributed by atoms with Gasteiger partial charge in [-0.2, -0.15) is 0 Å². The van der Waals surface area contributed by atoms with E-state index in [4.69, 9.17) is 4.74 Å². The van der Waals surface area contributed by atoms with Crippen molar-refractivity contribution in [1.82, 2.24) is 13.9 Å². The van der Waals surface area contributed by atoms with Gasteiger partial charge in [0.05, 0.1) is 4.90 Å². The van der Waals surface area contributed by atoms with Crippen LogP contribution in [-0.4, -0.2) is 48.5 Å². The number of benzene rings is 2. The Hall–Kier alpha value is -2.43. The predicted octanol–water partition coefficient (Wildman–Crippen LogP) is 5.72. The molecule has 1 aliphatic rings. The van der Waals surface area contributed by atoms with Crippen LogP contribution in [0.3, 0.4) is 0 Å². The van der Waals surface area contributed by atoms with Crippen molar-refractivity contribution in [3.05, 3.63) is 76.1 Å². The zero-order chi connectivity index (χ0) is 24.4. The minimum absolute atomic E-state index is 0.248. The van der Waals surface area contributed by atoms with E-state index in [0.717, 1.165) is 37.9 Å². The van der Waals surface area contributed by atoms with Gasteiger partial charge in [-0.1, -0.05) is 36.2 Å². The normalized spacial score (nSPS) is 14.9. The fourth-order valence-electron chi connectivity index (χ4n) is 4.43. The van der Waals surface area contributed by atoms with Crippen molar-refractivity contribution in [1.29, 1.82) is 0 Å². The molecule has 0 amide bonds. The summed E-state index contributed by atoms with van der Waals surface area (Å²) in [6, 6.07) is 16.9. The van der Waals surface area contributed by atoms with Gasteiger partial charge in [0.15, 0.2) is 5.65 Å². The van der Waals surface area contributed by atoms with E-state index in [1.54, 1.807) is 36.7 Å². The predicted molar refractivity (Wildman–Crippen MR) is 147 cm³/mol. The Morgan fingerprint density at radius 1 is 0.971 bits per heavy atom. The van der Waals surface area contributed by atoms with Crippen molar-refractivity contribution in [2.75, 3.05) is 26.2 Å². The summed E-state index contributed by atoms with van der Waals surface area (Å²) in [6.45, 7) is 5.92. The van der Waals surface area contributed by atoms with Gasteiger partial charge in [-0.25, -0.2) is 17.4 Å². The van der Waals surface area contributed by atoms with Crippen molar-refractivity contribution in [3.8, 4) is 16.9 Å². The first-order valence-electron chi connectivity index (χ1n) is 11.9. The minimum atomic E-state index is -3.73. The Morgan fingerprint density at radius 3 is 2.40 bits per heavy atom. The molecule has 0 saturated carbocycles. The second-order valence-corrected chi connectivity index (χ2v) is 11.9. The zero-order valence-corrected chi connectivity index (χ0v) is 22.6. The monoisotopic (exact) mass is 601 g/mol. The Morgan fingerprint density at radius 2 is 1.69 bits per heavy atom. The molecule has 0 N–H and O–H groups in total. The van der Waals surface area contributed by atoms with Gasteiger partial charge >= 0.3 is 0 Å². The summed E-state index contributed by atoms with van der Waals surface area (Å²) in [5.74, 6) is 0.852. The van der Waals surface area contributed by atoms with Crippen LogP contribution in [0, 0.1) is 10.5 Å². The van der Waals surface area contributed by atoms with E-state index in [9.17, 15) is 8.42 Å². The number of likely N-dealkylation sites (tertiary alicyclic amines) is 1. The number of ether oxygens (including phenoxy) is 1. The number of rotatable bonds is 7. The molecule has 182 valence electrons. The maximum atomic E-state index is 13.3. The van der Waals surface area contributed by atoms with E-state index in [1.807, 2.05) is 37.3 Å². The Balaban J connectivity index is 1.34. The van der Waals surface area contributed by atoms with Crippen LogP contribution in [0.25, 0.3) is 22.2 Å². The quantitative estimate of drug-likeness (QED) is 0.254. The average molecular weight is 602 g/mol. The van der Waals surface area contributed by atoms with E-state index in [2.05, 4.69) is 32.5 Å². The summed E-state index contributed by atoms with van der Waals surface area (Å²) in [7, 11) is -3.73. The minimum Gasteiger partial charge on any atom is -0.492 e. The lowest BCUT2D eigenvalue weighted by Crippen LogP contribution is -2.33. The van der Waals surface area contributed by atoms with Crippen LogP contribution in [0.2, 0.25) is 0 Å². The second kappa shape index (κ2) is 10.3. The number of aryl methyl sites for hydroxylation is 1. The Labute approximate surface area is 220 Å². The third-order valence-corrected chi connectivity index (χ3v) is 8.98. The van der Waals surface area contributed by atoms with Crippen LogP contribution in [-0.2, 0) is 10.0 Å². The van der Waals surface area contributed by atoms with Gasteiger partial charge in [0, 0.05) is 33.5 Å². The van der Waals surface area contributed by atoms with Crippen LogP contribution in [0.4, 0.5) is 0 Å². The highest BCUT2D eigenvalue weighted by atomic mass is 127. The summed E-state index contributed by atoms with van der Waals surface area (Å²) < 4.78 is 34.6. The Bertz CT molecular complexity index is 1430. The van der Waals surface area contributed by atoms with E-state index in [0.29, 0.717) is 12.3 Å². The van der Waals surface area contributed by atoms with Crippen LogP contribution in [0.1, 0.15) is 24.8 Å². The summed E-state index contributed by atoms with van der Waals surface area (Å²) in [5, 5.41) is 0.806. The van der Waals surface area contributed by atoms with Crippen LogP contribution >= 0.6 is 22.6 Å². The molecule has 2 aromatic carbocycles. The molecule has 0 radical (unpaired) electrons. The standard InChI is InChI=1S/C27H28IN3O3S/c1-20-5-11-24(12-6-20)35(32,33)31-19-26(28)25-17-22(18-29-27(25)31)21-7-9-23(10-8-21)34-16-15-30-13-3-2-4-14-30/h5-12,17-19H,2-4,13-16H2,1H3. The molecule has 0 unspecified atom stereocenters. The number of fused-ring (bicyclic) bond motifs is 1. The number of piperidine rings is 1. The second-order valence-electron chi connectivity index (χ2n) is 8.96. The van der Waals surface area contributed by atoms with Crippen molar-refractivity contribution in [2.24, 2.45) is 0 Å². The van der Waals surface area contributed by atoms with Gasteiger partial charge in [0.1, 0.15) is 12.4 Å². The third-order valence-electron chi connectivity index (χ3n) is 6.45. The topological polar surface area (TPSA) is 64.4 Å². The molecule has 2 aromatic heterocycles. The molecule has 0 aliphatic carbocycles. The average Bonchev–Trinajstić information content (AvgIpc) is 3.22. The highest BCUT2D eigenvalue weighted by Gasteiger charge is 2.22. The zero-order valence-electron chi connectivity index (χ0n) is 19.7. The third kappa shape index (κ3) is 5.24. The van der Waals surface area contributed by atoms with Gasteiger partial charge in [-0.15, -0.1) is 0 Å². The van der Waals surface area contributed by atoms with E-state index in [-0.39, 0.29) is 4.90 Å². The first-order chi connectivity index (χ1) is 16.9. The molecule has 0 spiro atoms. The molecule has 6 nitrogen and oxygen atoms in total. The fraction of sp³-hybridized carbons (Fsp3) is 0.296. The first kappa shape index (κ1) is 24.3. The highest BCUT2D eigenvalue weighted by Crippen LogP contribution is 2.30. The van der Waals surface area contributed by atoms with Crippen LogP contribution < -0.4 is 4.74 Å². The molecule has 0 atom stereocenters. The molecule has 1 aliphatic heterocycles. The van der Waals surface area contributed by atoms with Crippen molar-refractivity contribution >= 4 is 43.6 Å².